The standard InChI is InChI=1S/C15H19N3O2/c1-10(2)20-12-6-4-11(5-7-12)15(16)13-8-14(19-3)18-9-17-13/h4-10,15H,16H2,1-3H3. The number of nitrogens with two attached hydrogens (primary N) is 1. The van der Waals surface area contributed by atoms with Crippen LogP contribution in [-0.2, 0) is 0 Å². The van der Waals surface area contributed by atoms with Crippen LogP contribution in [0.3, 0.4) is 0 Å². The third-order valence-electron chi connectivity index (χ3n) is 2.80. The second-order valence-corrected chi connectivity index (χ2v) is 4.70. The summed E-state index contributed by atoms with van der Waals surface area (Å²) in [5.41, 5.74) is 7.88. The van der Waals surface area contributed by atoms with Gasteiger partial charge in [0.1, 0.15) is 12.1 Å². The summed E-state index contributed by atoms with van der Waals surface area (Å²) < 4.78 is 10.7. The zero-order valence-corrected chi connectivity index (χ0v) is 11.9. The molecule has 106 valence electrons. The Labute approximate surface area is 118 Å². The van der Waals surface area contributed by atoms with Crippen LogP contribution in [0.4, 0.5) is 0 Å². The van der Waals surface area contributed by atoms with E-state index in [0.29, 0.717) is 5.88 Å². The molecule has 2 N–H and O–H groups in total. The van der Waals surface area contributed by atoms with Crippen molar-refractivity contribution in [1.82, 2.24) is 9.97 Å². The Balaban J connectivity index is 2.17. The lowest BCUT2D eigenvalue weighted by Gasteiger charge is -2.14. The fourth-order valence-corrected chi connectivity index (χ4v) is 1.83. The van der Waals surface area contributed by atoms with Crippen molar-refractivity contribution in [2.75, 3.05) is 7.11 Å². The summed E-state index contributed by atoms with van der Waals surface area (Å²) in [4.78, 5) is 8.16. The van der Waals surface area contributed by atoms with Gasteiger partial charge in [-0.05, 0) is 31.5 Å². The SMILES string of the molecule is COc1cc(C(N)c2ccc(OC(C)C)cc2)ncn1. The van der Waals surface area contributed by atoms with Gasteiger partial charge in [-0.1, -0.05) is 12.1 Å². The molecule has 0 spiro atoms. The van der Waals surface area contributed by atoms with Crippen molar-refractivity contribution in [2.45, 2.75) is 26.0 Å². The van der Waals surface area contributed by atoms with E-state index in [0.717, 1.165) is 17.0 Å². The molecular weight excluding hydrogens is 254 g/mol. The maximum atomic E-state index is 6.20. The van der Waals surface area contributed by atoms with Crippen LogP contribution < -0.4 is 15.2 Å². The minimum absolute atomic E-state index is 0.153. The number of hydrogen-bond donors (Lipinski definition) is 1. The zero-order chi connectivity index (χ0) is 14.5. The summed E-state index contributed by atoms with van der Waals surface area (Å²) in [7, 11) is 1.57. The van der Waals surface area contributed by atoms with E-state index in [1.165, 1.54) is 6.33 Å². The number of benzene rings is 1. The van der Waals surface area contributed by atoms with Gasteiger partial charge in [-0.2, -0.15) is 0 Å². The van der Waals surface area contributed by atoms with E-state index in [-0.39, 0.29) is 12.1 Å². The highest BCUT2D eigenvalue weighted by molar-refractivity contribution is 5.33. The molecule has 0 saturated carbocycles. The smallest absolute Gasteiger partial charge is 0.216 e. The summed E-state index contributed by atoms with van der Waals surface area (Å²) in [6.07, 6.45) is 1.60. The fourth-order valence-electron chi connectivity index (χ4n) is 1.83. The van der Waals surface area contributed by atoms with Gasteiger partial charge in [0.25, 0.3) is 0 Å². The molecule has 2 rings (SSSR count). The van der Waals surface area contributed by atoms with Crippen molar-refractivity contribution >= 4 is 0 Å². The third kappa shape index (κ3) is 3.45. The Morgan fingerprint density at radius 1 is 1.10 bits per heavy atom. The van der Waals surface area contributed by atoms with E-state index in [9.17, 15) is 0 Å². The van der Waals surface area contributed by atoms with Gasteiger partial charge in [0, 0.05) is 6.07 Å². The molecule has 0 fully saturated rings. The summed E-state index contributed by atoms with van der Waals surface area (Å²) in [6, 6.07) is 9.12. The molecule has 5 heteroatoms. The third-order valence-corrected chi connectivity index (χ3v) is 2.80. The molecule has 1 aromatic carbocycles. The summed E-state index contributed by atoms with van der Waals surface area (Å²) in [5, 5.41) is 0. The van der Waals surface area contributed by atoms with E-state index >= 15 is 0 Å². The number of aromatic nitrogens is 2. The number of methoxy groups -OCH3 is 1. The van der Waals surface area contributed by atoms with E-state index in [1.54, 1.807) is 13.2 Å². The predicted molar refractivity (Wildman–Crippen MR) is 76.8 cm³/mol. The Kier molecular flexibility index (Phi) is 4.53. The largest absolute Gasteiger partial charge is 0.491 e. The average molecular weight is 273 g/mol. The van der Waals surface area contributed by atoms with Crippen molar-refractivity contribution in [3.05, 3.63) is 47.9 Å². The molecule has 0 radical (unpaired) electrons. The second kappa shape index (κ2) is 6.34. The van der Waals surface area contributed by atoms with Crippen LogP contribution in [0.1, 0.15) is 31.1 Å². The Morgan fingerprint density at radius 3 is 2.40 bits per heavy atom. The average Bonchev–Trinajstić information content (AvgIpc) is 2.47. The van der Waals surface area contributed by atoms with Gasteiger partial charge in [-0.15, -0.1) is 0 Å². The first-order valence-electron chi connectivity index (χ1n) is 6.48. The monoisotopic (exact) mass is 273 g/mol. The van der Waals surface area contributed by atoms with Crippen molar-refractivity contribution in [3.63, 3.8) is 0 Å². The Hall–Kier alpha value is -2.14. The molecule has 5 nitrogen and oxygen atoms in total. The molecule has 0 bridgehead atoms. The van der Waals surface area contributed by atoms with Gasteiger partial charge >= 0.3 is 0 Å². The molecule has 0 saturated heterocycles. The zero-order valence-electron chi connectivity index (χ0n) is 11.9. The molecule has 1 heterocycles. The van der Waals surface area contributed by atoms with Crippen LogP contribution in [-0.4, -0.2) is 23.2 Å². The summed E-state index contributed by atoms with van der Waals surface area (Å²) in [6.45, 7) is 3.99. The van der Waals surface area contributed by atoms with Crippen LogP contribution >= 0.6 is 0 Å². The predicted octanol–water partition coefficient (Wildman–Crippen LogP) is 2.32. The fraction of sp³-hybridized carbons (Fsp3) is 0.333. The van der Waals surface area contributed by atoms with E-state index in [4.69, 9.17) is 15.2 Å². The number of ether oxygens (including phenoxy) is 2. The number of rotatable bonds is 5. The molecule has 2 aromatic rings. The quantitative estimate of drug-likeness (QED) is 0.905. The van der Waals surface area contributed by atoms with E-state index < -0.39 is 0 Å². The van der Waals surface area contributed by atoms with Gasteiger partial charge in [0.2, 0.25) is 5.88 Å². The van der Waals surface area contributed by atoms with Crippen LogP contribution in [0.5, 0.6) is 11.6 Å². The first kappa shape index (κ1) is 14.3. The second-order valence-electron chi connectivity index (χ2n) is 4.70. The van der Waals surface area contributed by atoms with Gasteiger partial charge in [0.05, 0.1) is 24.9 Å². The molecule has 1 aromatic heterocycles. The summed E-state index contributed by atoms with van der Waals surface area (Å²) in [5.74, 6) is 1.33. The molecule has 20 heavy (non-hydrogen) atoms. The van der Waals surface area contributed by atoms with E-state index in [2.05, 4.69) is 9.97 Å². The van der Waals surface area contributed by atoms with Gasteiger partial charge in [-0.3, -0.25) is 0 Å². The van der Waals surface area contributed by atoms with Crippen LogP contribution in [0.2, 0.25) is 0 Å². The van der Waals surface area contributed by atoms with Crippen molar-refractivity contribution in [1.29, 1.82) is 0 Å². The Bertz CT molecular complexity index is 555. The van der Waals surface area contributed by atoms with Crippen molar-refractivity contribution < 1.29 is 9.47 Å². The van der Waals surface area contributed by atoms with Gasteiger partial charge < -0.3 is 15.2 Å². The lowest BCUT2D eigenvalue weighted by Crippen LogP contribution is -2.14. The van der Waals surface area contributed by atoms with Crippen molar-refractivity contribution in [3.8, 4) is 11.6 Å². The molecule has 0 aliphatic rings. The first-order valence-corrected chi connectivity index (χ1v) is 6.48. The highest BCUT2D eigenvalue weighted by atomic mass is 16.5. The molecule has 1 unspecified atom stereocenters. The minimum Gasteiger partial charge on any atom is -0.491 e. The van der Waals surface area contributed by atoms with Crippen molar-refractivity contribution in [2.24, 2.45) is 5.73 Å². The molecule has 0 aliphatic heterocycles. The molecule has 0 amide bonds. The molecule has 1 atom stereocenters. The Morgan fingerprint density at radius 2 is 1.80 bits per heavy atom. The van der Waals surface area contributed by atoms with Gasteiger partial charge in [0.15, 0.2) is 0 Å². The highest BCUT2D eigenvalue weighted by Gasteiger charge is 2.12. The molecular formula is C15H19N3O2. The van der Waals surface area contributed by atoms with Gasteiger partial charge in [-0.25, -0.2) is 9.97 Å². The van der Waals surface area contributed by atoms with E-state index in [1.807, 2.05) is 38.1 Å². The number of nitrogens with zero attached hydrogens (tertiary/aromatic N) is 2. The molecule has 0 aliphatic carbocycles. The first-order chi connectivity index (χ1) is 9.60. The van der Waals surface area contributed by atoms with Crippen LogP contribution in [0.25, 0.3) is 0 Å². The van der Waals surface area contributed by atoms with Crippen LogP contribution in [0, 0.1) is 0 Å². The topological polar surface area (TPSA) is 70.3 Å². The normalized spacial score (nSPS) is 12.2. The number of hydrogen-bond acceptors (Lipinski definition) is 5. The van der Waals surface area contributed by atoms with Crippen LogP contribution in [0.15, 0.2) is 36.7 Å². The maximum Gasteiger partial charge on any atom is 0.216 e. The lowest BCUT2D eigenvalue weighted by molar-refractivity contribution is 0.242. The minimum atomic E-state index is -0.319. The summed E-state index contributed by atoms with van der Waals surface area (Å²) >= 11 is 0. The highest BCUT2D eigenvalue weighted by Crippen LogP contribution is 2.22. The lowest BCUT2D eigenvalue weighted by atomic mass is 10.0. The maximum absolute atomic E-state index is 6.20.